The van der Waals surface area contributed by atoms with Crippen LogP contribution in [0.15, 0.2) is 28.2 Å². The third-order valence-corrected chi connectivity index (χ3v) is 6.79. The molecule has 0 bridgehead atoms. The molecule has 34 heavy (non-hydrogen) atoms. The molecule has 1 saturated heterocycles. The molecule has 1 N–H and O–H groups in total. The minimum absolute atomic E-state index is 0.136. The fourth-order valence-electron chi connectivity index (χ4n) is 4.34. The molecule has 1 aliphatic heterocycles. The fraction of sp³-hybridized carbons (Fsp3) is 0.435. The molecule has 180 valence electrons. The van der Waals surface area contributed by atoms with E-state index in [0.717, 1.165) is 29.1 Å². The number of esters is 2. The van der Waals surface area contributed by atoms with Crippen LogP contribution in [0.25, 0.3) is 11.3 Å². The lowest BCUT2D eigenvalue weighted by molar-refractivity contribution is -0.154. The van der Waals surface area contributed by atoms with Crippen molar-refractivity contribution < 1.29 is 37.9 Å². The summed E-state index contributed by atoms with van der Waals surface area (Å²) < 4.78 is 15.4. The van der Waals surface area contributed by atoms with Gasteiger partial charge in [-0.1, -0.05) is 12.8 Å². The molecule has 4 rings (SSSR count). The minimum atomic E-state index is -0.858. The summed E-state index contributed by atoms with van der Waals surface area (Å²) in [5.74, 6) is -3.15. The number of imide groups is 1. The Morgan fingerprint density at radius 3 is 2.47 bits per heavy atom. The van der Waals surface area contributed by atoms with E-state index >= 15 is 0 Å². The van der Waals surface area contributed by atoms with Gasteiger partial charge in [-0.05, 0) is 31.9 Å². The second kappa shape index (κ2) is 10.2. The average molecular weight is 489 g/mol. The van der Waals surface area contributed by atoms with E-state index in [1.807, 2.05) is 0 Å². The van der Waals surface area contributed by atoms with Crippen molar-refractivity contribution in [3.05, 3.63) is 29.3 Å². The zero-order chi connectivity index (χ0) is 24.2. The summed E-state index contributed by atoms with van der Waals surface area (Å²) in [5.41, 5.74) is 0.602. The zero-order valence-corrected chi connectivity index (χ0v) is 19.4. The minimum Gasteiger partial charge on any atom is -0.464 e. The Bertz CT molecular complexity index is 1080. The van der Waals surface area contributed by atoms with Gasteiger partial charge in [0.15, 0.2) is 6.61 Å². The van der Waals surface area contributed by atoms with Crippen molar-refractivity contribution in [3.8, 4) is 11.3 Å². The third-order valence-electron chi connectivity index (χ3n) is 5.89. The van der Waals surface area contributed by atoms with Gasteiger partial charge >= 0.3 is 11.9 Å². The number of likely N-dealkylation sites (tertiary alicyclic amines) is 1. The van der Waals surface area contributed by atoms with Crippen molar-refractivity contribution in [3.63, 3.8) is 0 Å². The first-order chi connectivity index (χ1) is 16.4. The van der Waals surface area contributed by atoms with Gasteiger partial charge in [0.1, 0.15) is 22.9 Å². The Hall–Kier alpha value is -3.47. The highest BCUT2D eigenvalue weighted by atomic mass is 32.1. The number of carbonyl (C=O) groups is 5. The summed E-state index contributed by atoms with van der Waals surface area (Å²) >= 11 is 1.10. The quantitative estimate of drug-likeness (QED) is 0.443. The molecule has 0 radical (unpaired) electrons. The van der Waals surface area contributed by atoms with Crippen molar-refractivity contribution >= 4 is 46.0 Å². The summed E-state index contributed by atoms with van der Waals surface area (Å²) in [5, 5.41) is 4.42. The SMILES string of the molecule is CCOC(=O)c1c(-c2ccco2)csc1NC(=O)COC(=O)CN1C(=O)C2CCCCC2C1=O. The second-order valence-corrected chi connectivity index (χ2v) is 8.90. The van der Waals surface area contributed by atoms with Crippen molar-refractivity contribution in [2.45, 2.75) is 32.6 Å². The number of fused-ring (bicyclic) bond motifs is 1. The Balaban J connectivity index is 1.36. The van der Waals surface area contributed by atoms with E-state index in [4.69, 9.17) is 13.9 Å². The number of nitrogens with one attached hydrogen (secondary N) is 1. The van der Waals surface area contributed by atoms with Crippen molar-refractivity contribution in [2.24, 2.45) is 11.8 Å². The molecule has 2 aliphatic rings. The first kappa shape index (κ1) is 23.7. The average Bonchev–Trinajstić information content (AvgIpc) is 3.54. The molecule has 3 heterocycles. The molecule has 2 unspecified atom stereocenters. The van der Waals surface area contributed by atoms with E-state index < -0.39 is 31.0 Å². The highest BCUT2D eigenvalue weighted by molar-refractivity contribution is 7.15. The largest absolute Gasteiger partial charge is 0.464 e. The van der Waals surface area contributed by atoms with E-state index in [-0.39, 0.29) is 40.8 Å². The predicted molar refractivity (Wildman–Crippen MR) is 120 cm³/mol. The van der Waals surface area contributed by atoms with Crippen LogP contribution >= 0.6 is 11.3 Å². The predicted octanol–water partition coefficient (Wildman–Crippen LogP) is 2.84. The monoisotopic (exact) mass is 488 g/mol. The molecule has 2 atom stereocenters. The molecule has 10 nitrogen and oxygen atoms in total. The number of furan rings is 1. The Labute approximate surface area is 199 Å². The van der Waals surface area contributed by atoms with Crippen molar-refractivity contribution in [1.29, 1.82) is 0 Å². The molecular weight excluding hydrogens is 464 g/mol. The molecule has 3 amide bonds. The van der Waals surface area contributed by atoms with E-state index in [1.165, 1.54) is 6.26 Å². The molecule has 0 aromatic carbocycles. The summed E-state index contributed by atoms with van der Waals surface area (Å²) in [6, 6.07) is 3.35. The van der Waals surface area contributed by atoms with Gasteiger partial charge < -0.3 is 19.2 Å². The topological polar surface area (TPSA) is 132 Å². The highest BCUT2D eigenvalue weighted by Gasteiger charge is 2.48. The number of anilines is 1. The normalized spacial score (nSPS) is 19.6. The van der Waals surface area contributed by atoms with Gasteiger partial charge in [0, 0.05) is 10.9 Å². The van der Waals surface area contributed by atoms with Crippen LogP contribution in [-0.4, -0.2) is 54.3 Å². The Morgan fingerprint density at radius 2 is 1.85 bits per heavy atom. The molecule has 2 aromatic rings. The van der Waals surface area contributed by atoms with Gasteiger partial charge in [-0.25, -0.2) is 4.79 Å². The third kappa shape index (κ3) is 4.74. The number of hydrogen-bond donors (Lipinski definition) is 1. The van der Waals surface area contributed by atoms with Gasteiger partial charge in [0.2, 0.25) is 11.8 Å². The zero-order valence-electron chi connectivity index (χ0n) is 18.5. The van der Waals surface area contributed by atoms with Crippen LogP contribution in [0.5, 0.6) is 0 Å². The smallest absolute Gasteiger partial charge is 0.341 e. The number of carbonyl (C=O) groups excluding carboxylic acids is 5. The van der Waals surface area contributed by atoms with E-state index in [0.29, 0.717) is 24.2 Å². The van der Waals surface area contributed by atoms with Gasteiger partial charge in [-0.2, -0.15) is 0 Å². The van der Waals surface area contributed by atoms with Crippen LogP contribution in [-0.2, 0) is 28.7 Å². The van der Waals surface area contributed by atoms with Crippen LogP contribution < -0.4 is 5.32 Å². The lowest BCUT2D eigenvalue weighted by atomic mass is 9.81. The lowest BCUT2D eigenvalue weighted by Crippen LogP contribution is -2.37. The van der Waals surface area contributed by atoms with Gasteiger partial charge in [0.05, 0.1) is 24.7 Å². The molecule has 2 fully saturated rings. The molecule has 2 aromatic heterocycles. The maximum absolute atomic E-state index is 12.5. The molecule has 1 aliphatic carbocycles. The maximum atomic E-state index is 12.5. The first-order valence-electron chi connectivity index (χ1n) is 11.0. The number of rotatable bonds is 8. The number of nitrogens with zero attached hydrogens (tertiary/aromatic N) is 1. The van der Waals surface area contributed by atoms with E-state index in [2.05, 4.69) is 5.32 Å². The van der Waals surface area contributed by atoms with Gasteiger partial charge in [0.25, 0.3) is 5.91 Å². The number of ether oxygens (including phenoxy) is 2. The van der Waals surface area contributed by atoms with Crippen molar-refractivity contribution in [2.75, 3.05) is 25.1 Å². The van der Waals surface area contributed by atoms with Gasteiger partial charge in [-0.15, -0.1) is 11.3 Å². The summed E-state index contributed by atoms with van der Waals surface area (Å²) in [4.78, 5) is 63.1. The molecule has 0 spiro atoms. The number of thiophene rings is 1. The molecule has 1 saturated carbocycles. The Morgan fingerprint density at radius 1 is 1.15 bits per heavy atom. The van der Waals surface area contributed by atoms with Crippen LogP contribution in [0.4, 0.5) is 5.00 Å². The van der Waals surface area contributed by atoms with E-state index in [1.54, 1.807) is 24.4 Å². The van der Waals surface area contributed by atoms with Gasteiger partial charge in [-0.3, -0.25) is 24.1 Å². The van der Waals surface area contributed by atoms with Crippen LogP contribution in [0, 0.1) is 11.8 Å². The summed E-state index contributed by atoms with van der Waals surface area (Å²) in [6.07, 6.45) is 4.53. The van der Waals surface area contributed by atoms with Crippen LogP contribution in [0.1, 0.15) is 43.0 Å². The van der Waals surface area contributed by atoms with E-state index in [9.17, 15) is 24.0 Å². The van der Waals surface area contributed by atoms with Crippen molar-refractivity contribution in [1.82, 2.24) is 4.90 Å². The standard InChI is InChI=1S/C23H24N2O8S/c1-2-31-23(30)19-15(16-8-5-9-32-16)12-34-20(19)24-17(26)11-33-18(27)10-25-21(28)13-6-3-4-7-14(13)22(25)29/h5,8-9,12-14H,2-4,6-7,10-11H2,1H3,(H,24,26). The first-order valence-corrected chi connectivity index (χ1v) is 11.9. The maximum Gasteiger partial charge on any atom is 0.341 e. The van der Waals surface area contributed by atoms with Crippen LogP contribution in [0.2, 0.25) is 0 Å². The number of amides is 3. The summed E-state index contributed by atoms with van der Waals surface area (Å²) in [7, 11) is 0. The lowest BCUT2D eigenvalue weighted by Gasteiger charge is -2.19. The van der Waals surface area contributed by atoms with Crippen LogP contribution in [0.3, 0.4) is 0 Å². The second-order valence-electron chi connectivity index (χ2n) is 8.02. The Kier molecular flexibility index (Phi) is 7.11. The summed E-state index contributed by atoms with van der Waals surface area (Å²) in [6.45, 7) is 0.651. The molecular formula is C23H24N2O8S. The fourth-order valence-corrected chi connectivity index (χ4v) is 5.29. The molecule has 11 heteroatoms. The highest BCUT2D eigenvalue weighted by Crippen LogP contribution is 2.38. The number of hydrogen-bond acceptors (Lipinski definition) is 9.